The normalized spacial score (nSPS) is 15.4. The third kappa shape index (κ3) is 3.34. The number of fused-ring (bicyclic) bond motifs is 2. The van der Waals surface area contributed by atoms with Gasteiger partial charge in [0.2, 0.25) is 9.84 Å². The molecule has 154 valence electrons. The van der Waals surface area contributed by atoms with Crippen LogP contribution in [0.4, 0.5) is 0 Å². The Bertz CT molecular complexity index is 1230. The van der Waals surface area contributed by atoms with Gasteiger partial charge in [-0.3, -0.25) is 14.5 Å². The summed E-state index contributed by atoms with van der Waals surface area (Å²) in [6.45, 7) is 0.269. The fourth-order valence-electron chi connectivity index (χ4n) is 3.54. The quantitative estimate of drug-likeness (QED) is 0.529. The molecule has 1 atom stereocenters. The molecule has 2 aromatic carbocycles. The predicted molar refractivity (Wildman–Crippen MR) is 109 cm³/mol. The second-order valence-electron chi connectivity index (χ2n) is 7.24. The average Bonchev–Trinajstić information content (AvgIpc) is 3.26. The minimum absolute atomic E-state index is 0.0365. The standard InChI is InChI=1S/C22H20N2O5S/c1-24(2)17(18-7-5-11-29-18)13-23-22(26)14-9-10-16-20(12-14)30(27,28)19-8-4-3-6-15(19)21(16)25/h3-12,17H,13H2,1-2H3,(H,23,26)/t17-/m0/s1. The number of sulfone groups is 1. The van der Waals surface area contributed by atoms with Crippen LogP contribution in [0.25, 0.3) is 0 Å². The maximum atomic E-state index is 13.0. The fourth-order valence-corrected chi connectivity index (χ4v) is 5.21. The zero-order valence-electron chi connectivity index (χ0n) is 16.5. The molecule has 1 aliphatic heterocycles. The number of hydrogen-bond acceptors (Lipinski definition) is 6. The summed E-state index contributed by atoms with van der Waals surface area (Å²) in [6.07, 6.45) is 1.57. The number of hydrogen-bond donors (Lipinski definition) is 1. The van der Waals surface area contributed by atoms with E-state index in [1.165, 1.54) is 30.3 Å². The van der Waals surface area contributed by atoms with Crippen LogP contribution in [0.3, 0.4) is 0 Å². The average molecular weight is 424 g/mol. The molecule has 7 nitrogen and oxygen atoms in total. The number of amides is 1. The van der Waals surface area contributed by atoms with E-state index in [0.29, 0.717) is 5.76 Å². The summed E-state index contributed by atoms with van der Waals surface area (Å²) in [5, 5.41) is 2.81. The van der Waals surface area contributed by atoms with Crippen LogP contribution in [0.15, 0.2) is 75.1 Å². The number of benzene rings is 2. The molecule has 1 aliphatic rings. The van der Waals surface area contributed by atoms with E-state index < -0.39 is 15.7 Å². The molecule has 0 spiro atoms. The SMILES string of the molecule is CN(C)[C@@H](CNC(=O)c1ccc2c(c1)S(=O)(=O)c1ccccc1C2=O)c1ccco1. The van der Waals surface area contributed by atoms with Crippen LogP contribution in [-0.4, -0.2) is 45.6 Å². The lowest BCUT2D eigenvalue weighted by atomic mass is 10.0. The number of carbonyl (C=O) groups excluding carboxylic acids is 2. The van der Waals surface area contributed by atoms with Crippen molar-refractivity contribution in [3.63, 3.8) is 0 Å². The number of nitrogens with zero attached hydrogens (tertiary/aromatic N) is 1. The van der Waals surface area contributed by atoms with Gasteiger partial charge in [-0.25, -0.2) is 8.42 Å². The zero-order valence-corrected chi connectivity index (χ0v) is 17.3. The summed E-state index contributed by atoms with van der Waals surface area (Å²) in [4.78, 5) is 27.2. The van der Waals surface area contributed by atoms with Gasteiger partial charge in [0.1, 0.15) is 5.76 Å². The lowest BCUT2D eigenvalue weighted by Crippen LogP contribution is -2.34. The number of likely N-dealkylation sites (N-methyl/N-ethyl adjacent to an activating group) is 1. The summed E-state index contributed by atoms with van der Waals surface area (Å²) in [6, 6.07) is 13.6. The van der Waals surface area contributed by atoms with E-state index in [4.69, 9.17) is 4.42 Å². The molecule has 0 saturated heterocycles. The summed E-state index contributed by atoms with van der Waals surface area (Å²) in [5.41, 5.74) is 0.392. The molecule has 1 N–H and O–H groups in total. The summed E-state index contributed by atoms with van der Waals surface area (Å²) >= 11 is 0. The molecule has 3 aromatic rings. The van der Waals surface area contributed by atoms with Gasteiger partial charge in [-0.1, -0.05) is 12.1 Å². The van der Waals surface area contributed by atoms with Gasteiger partial charge in [-0.15, -0.1) is 0 Å². The van der Waals surface area contributed by atoms with Crippen LogP contribution >= 0.6 is 0 Å². The van der Waals surface area contributed by atoms with E-state index in [-0.39, 0.29) is 44.9 Å². The molecule has 0 fully saturated rings. The summed E-state index contributed by atoms with van der Waals surface area (Å²) in [7, 11) is -0.157. The molecule has 0 saturated carbocycles. The van der Waals surface area contributed by atoms with Crippen molar-refractivity contribution in [1.82, 2.24) is 10.2 Å². The van der Waals surface area contributed by atoms with Gasteiger partial charge < -0.3 is 9.73 Å². The lowest BCUT2D eigenvalue weighted by Gasteiger charge is -2.23. The molecule has 0 radical (unpaired) electrons. The first-order chi connectivity index (χ1) is 14.3. The number of furan rings is 1. The van der Waals surface area contributed by atoms with Crippen molar-refractivity contribution < 1.29 is 22.4 Å². The number of ketones is 1. The Morgan fingerprint density at radius 2 is 1.77 bits per heavy atom. The van der Waals surface area contributed by atoms with Crippen LogP contribution in [0.5, 0.6) is 0 Å². The highest BCUT2D eigenvalue weighted by atomic mass is 32.2. The smallest absolute Gasteiger partial charge is 0.251 e. The zero-order chi connectivity index (χ0) is 21.5. The van der Waals surface area contributed by atoms with Gasteiger partial charge in [0, 0.05) is 23.2 Å². The Kier molecular flexibility index (Phi) is 5.05. The van der Waals surface area contributed by atoms with E-state index in [0.717, 1.165) is 0 Å². The van der Waals surface area contributed by atoms with Crippen LogP contribution in [0.2, 0.25) is 0 Å². The molecular formula is C22H20N2O5S. The lowest BCUT2D eigenvalue weighted by molar-refractivity contribution is 0.0937. The molecule has 4 rings (SSSR count). The third-order valence-electron chi connectivity index (χ3n) is 5.15. The van der Waals surface area contributed by atoms with Gasteiger partial charge in [-0.05, 0) is 56.6 Å². The van der Waals surface area contributed by atoms with Crippen molar-refractivity contribution in [2.75, 3.05) is 20.6 Å². The molecule has 2 heterocycles. The van der Waals surface area contributed by atoms with E-state index in [2.05, 4.69) is 5.32 Å². The maximum Gasteiger partial charge on any atom is 0.251 e. The molecule has 1 aromatic heterocycles. The first kappa shape index (κ1) is 20.1. The molecular weight excluding hydrogens is 404 g/mol. The molecule has 1 amide bonds. The molecule has 0 aliphatic carbocycles. The Morgan fingerprint density at radius 3 is 2.47 bits per heavy atom. The Balaban J connectivity index is 1.62. The van der Waals surface area contributed by atoms with Gasteiger partial charge in [-0.2, -0.15) is 0 Å². The maximum absolute atomic E-state index is 13.0. The third-order valence-corrected chi connectivity index (χ3v) is 7.00. The van der Waals surface area contributed by atoms with Gasteiger partial charge >= 0.3 is 0 Å². The van der Waals surface area contributed by atoms with Crippen LogP contribution in [-0.2, 0) is 9.84 Å². The Hall–Kier alpha value is -3.23. The van der Waals surface area contributed by atoms with Crippen molar-refractivity contribution in [1.29, 1.82) is 0 Å². The van der Waals surface area contributed by atoms with Crippen molar-refractivity contribution in [2.24, 2.45) is 0 Å². The highest BCUT2D eigenvalue weighted by Gasteiger charge is 2.35. The highest BCUT2D eigenvalue weighted by Crippen LogP contribution is 2.34. The van der Waals surface area contributed by atoms with E-state index in [1.807, 2.05) is 25.1 Å². The summed E-state index contributed by atoms with van der Waals surface area (Å²) in [5.74, 6) is -0.0962. The molecule has 0 bridgehead atoms. The monoisotopic (exact) mass is 424 g/mol. The van der Waals surface area contributed by atoms with Crippen molar-refractivity contribution >= 4 is 21.5 Å². The Morgan fingerprint density at radius 1 is 1.03 bits per heavy atom. The second-order valence-corrected chi connectivity index (χ2v) is 9.13. The molecule has 0 unspecified atom stereocenters. The van der Waals surface area contributed by atoms with Crippen molar-refractivity contribution in [3.8, 4) is 0 Å². The number of nitrogens with one attached hydrogen (secondary N) is 1. The molecule has 30 heavy (non-hydrogen) atoms. The predicted octanol–water partition coefficient (Wildman–Crippen LogP) is 2.69. The topological polar surface area (TPSA) is 96.7 Å². The Labute approximate surface area is 174 Å². The first-order valence-electron chi connectivity index (χ1n) is 9.31. The van der Waals surface area contributed by atoms with Crippen LogP contribution in [0.1, 0.15) is 38.1 Å². The largest absolute Gasteiger partial charge is 0.468 e. The first-order valence-corrected chi connectivity index (χ1v) is 10.8. The van der Waals surface area contributed by atoms with E-state index in [9.17, 15) is 18.0 Å². The van der Waals surface area contributed by atoms with Crippen LogP contribution < -0.4 is 5.32 Å². The minimum Gasteiger partial charge on any atom is -0.468 e. The van der Waals surface area contributed by atoms with Crippen LogP contribution in [0, 0.1) is 0 Å². The van der Waals surface area contributed by atoms with Gasteiger partial charge in [0.25, 0.3) is 5.91 Å². The van der Waals surface area contributed by atoms with Gasteiger partial charge in [0.15, 0.2) is 5.78 Å². The minimum atomic E-state index is -3.89. The van der Waals surface area contributed by atoms with E-state index in [1.54, 1.807) is 24.5 Å². The number of rotatable bonds is 5. The molecule has 8 heteroatoms. The second kappa shape index (κ2) is 7.55. The summed E-state index contributed by atoms with van der Waals surface area (Å²) < 4.78 is 31.5. The van der Waals surface area contributed by atoms with E-state index >= 15 is 0 Å². The van der Waals surface area contributed by atoms with Crippen molar-refractivity contribution in [2.45, 2.75) is 15.8 Å². The highest BCUT2D eigenvalue weighted by molar-refractivity contribution is 7.91. The van der Waals surface area contributed by atoms with Gasteiger partial charge in [0.05, 0.1) is 22.1 Å². The van der Waals surface area contributed by atoms with Crippen molar-refractivity contribution in [3.05, 3.63) is 83.3 Å². The number of carbonyl (C=O) groups is 2. The fraction of sp³-hybridized carbons (Fsp3) is 0.182.